The fraction of sp³-hybridized carbons (Fsp3) is 0.692. The lowest BCUT2D eigenvalue weighted by Crippen LogP contribution is -2.60. The zero-order chi connectivity index (χ0) is 13.7. The van der Waals surface area contributed by atoms with Crippen LogP contribution < -0.4 is 0 Å². The first-order valence-electron chi connectivity index (χ1n) is 6.57. The lowest BCUT2D eigenvalue weighted by Gasteiger charge is -2.43. The van der Waals surface area contributed by atoms with E-state index in [1.807, 2.05) is 0 Å². The Kier molecular flexibility index (Phi) is 3.19. The molecule has 0 bridgehead atoms. The van der Waals surface area contributed by atoms with Crippen molar-refractivity contribution in [1.29, 1.82) is 0 Å². The Labute approximate surface area is 116 Å². The molecule has 3 rings (SSSR count). The van der Waals surface area contributed by atoms with Crippen LogP contribution in [0.1, 0.15) is 26.7 Å². The molecule has 19 heavy (non-hydrogen) atoms. The molecule has 2 fully saturated rings. The monoisotopic (exact) mass is 283 g/mol. The topological polar surface area (TPSA) is 66.8 Å². The Hall–Kier alpha value is -0.850. The molecule has 2 saturated heterocycles. The number of ketones is 1. The molecule has 5 nitrogen and oxygen atoms in total. The highest BCUT2D eigenvalue weighted by Crippen LogP contribution is 2.52. The number of β-lactam (4-membered cyclic amide) rings is 1. The predicted octanol–water partition coefficient (Wildman–Crippen LogP) is 0.878. The second-order valence-electron chi connectivity index (χ2n) is 5.25. The molecule has 0 radical (unpaired) electrons. The molecule has 0 saturated carbocycles. The smallest absolute Gasteiger partial charge is 0.236 e. The van der Waals surface area contributed by atoms with Gasteiger partial charge in [0, 0.05) is 18.4 Å². The molecule has 3 aliphatic heterocycles. The number of nitrogens with zero attached hydrogens (tertiary/aromatic N) is 1. The number of hydrogen-bond donors (Lipinski definition) is 1. The van der Waals surface area contributed by atoms with Crippen LogP contribution in [0.15, 0.2) is 10.6 Å². The minimum Gasteiger partial charge on any atom is -0.392 e. The summed E-state index contributed by atoms with van der Waals surface area (Å²) in [5, 5.41) is 9.54. The summed E-state index contributed by atoms with van der Waals surface area (Å²) in [4.78, 5) is 26.4. The van der Waals surface area contributed by atoms with Crippen LogP contribution in [0.2, 0.25) is 0 Å². The van der Waals surface area contributed by atoms with Crippen molar-refractivity contribution in [3.63, 3.8) is 0 Å². The number of ether oxygens (including phenoxy) is 1. The van der Waals surface area contributed by atoms with E-state index in [-0.39, 0.29) is 23.2 Å². The maximum Gasteiger partial charge on any atom is 0.236 e. The fourth-order valence-electron chi connectivity index (χ4n) is 2.96. The van der Waals surface area contributed by atoms with Crippen molar-refractivity contribution < 1.29 is 19.4 Å². The normalized spacial score (nSPS) is 35.4. The van der Waals surface area contributed by atoms with Gasteiger partial charge in [0.15, 0.2) is 5.78 Å². The number of allylic oxidation sites excluding steroid dienone is 1. The number of carbonyl (C=O) groups excluding carboxylic acids is 2. The van der Waals surface area contributed by atoms with Crippen LogP contribution in [0.25, 0.3) is 0 Å². The van der Waals surface area contributed by atoms with Gasteiger partial charge >= 0.3 is 0 Å². The van der Waals surface area contributed by atoms with Crippen molar-refractivity contribution >= 4 is 23.5 Å². The van der Waals surface area contributed by atoms with E-state index < -0.39 is 12.0 Å². The molecule has 0 aromatic rings. The third-order valence-corrected chi connectivity index (χ3v) is 5.34. The summed E-state index contributed by atoms with van der Waals surface area (Å²) in [6.07, 6.45) is 1.14. The van der Waals surface area contributed by atoms with Gasteiger partial charge in [0.25, 0.3) is 0 Å². The molecule has 0 aliphatic carbocycles. The third-order valence-electron chi connectivity index (χ3n) is 3.88. The SMILES string of the molecule is CC(=O)C1=C([C@H]2CCCO2)S[C@@H]2[C@@H]([C@@H](C)O)C(=O)N12. The summed E-state index contributed by atoms with van der Waals surface area (Å²) in [5.41, 5.74) is 0.490. The summed E-state index contributed by atoms with van der Waals surface area (Å²) in [6.45, 7) is 3.81. The van der Waals surface area contributed by atoms with E-state index in [1.165, 1.54) is 18.7 Å². The number of hydrogen-bond acceptors (Lipinski definition) is 5. The number of aliphatic hydroxyl groups excluding tert-OH is 1. The van der Waals surface area contributed by atoms with Gasteiger partial charge in [-0.3, -0.25) is 14.5 Å². The molecule has 1 amide bonds. The highest BCUT2D eigenvalue weighted by atomic mass is 32.2. The van der Waals surface area contributed by atoms with Crippen LogP contribution in [0.3, 0.4) is 0 Å². The standard InChI is InChI=1S/C13H17NO4S/c1-6(15)9-12(17)14-10(7(2)16)11(19-13(9)14)8-4-3-5-18-8/h6,8-9,13,15H,3-5H2,1-2H3/t6-,8-,9+,13-/m1/s1. The highest BCUT2D eigenvalue weighted by molar-refractivity contribution is 8.04. The number of rotatable bonds is 3. The van der Waals surface area contributed by atoms with Crippen molar-refractivity contribution in [2.75, 3.05) is 6.61 Å². The van der Waals surface area contributed by atoms with Crippen LogP contribution >= 0.6 is 11.8 Å². The quantitative estimate of drug-likeness (QED) is 0.779. The number of Topliss-reactive ketones (excluding diaryl/α,β-unsaturated/α-hetero) is 1. The predicted molar refractivity (Wildman–Crippen MR) is 70.1 cm³/mol. The summed E-state index contributed by atoms with van der Waals surface area (Å²) in [5.74, 6) is -0.651. The van der Waals surface area contributed by atoms with Gasteiger partial charge in [-0.2, -0.15) is 0 Å². The molecule has 0 aromatic carbocycles. The fourth-order valence-corrected chi connectivity index (χ4v) is 4.71. The number of amides is 1. The molecule has 104 valence electrons. The van der Waals surface area contributed by atoms with Gasteiger partial charge in [-0.1, -0.05) is 11.8 Å². The number of aliphatic hydroxyl groups is 1. The van der Waals surface area contributed by atoms with Crippen molar-refractivity contribution in [1.82, 2.24) is 4.90 Å². The molecule has 1 N–H and O–H groups in total. The first-order chi connectivity index (χ1) is 9.02. The first-order valence-corrected chi connectivity index (χ1v) is 7.45. The first kappa shape index (κ1) is 13.1. The zero-order valence-electron chi connectivity index (χ0n) is 11.0. The van der Waals surface area contributed by atoms with Crippen LogP contribution in [-0.4, -0.2) is 45.9 Å². The zero-order valence-corrected chi connectivity index (χ0v) is 11.8. The average Bonchev–Trinajstić information content (AvgIpc) is 2.92. The Bertz CT molecular complexity index is 467. The van der Waals surface area contributed by atoms with Gasteiger partial charge in [-0.25, -0.2) is 0 Å². The average molecular weight is 283 g/mol. The van der Waals surface area contributed by atoms with E-state index in [0.717, 1.165) is 17.7 Å². The number of carbonyl (C=O) groups is 2. The molecule has 6 heteroatoms. The second kappa shape index (κ2) is 4.61. The minimum atomic E-state index is -0.682. The largest absolute Gasteiger partial charge is 0.392 e. The molecule has 3 heterocycles. The molecule has 4 atom stereocenters. The van der Waals surface area contributed by atoms with Crippen molar-refractivity contribution in [3.05, 3.63) is 10.6 Å². The minimum absolute atomic E-state index is 0.0584. The van der Waals surface area contributed by atoms with Crippen molar-refractivity contribution in [2.24, 2.45) is 5.92 Å². The highest BCUT2D eigenvalue weighted by Gasteiger charge is 2.57. The Morgan fingerprint density at radius 3 is 2.84 bits per heavy atom. The molecule has 0 spiro atoms. The van der Waals surface area contributed by atoms with E-state index in [0.29, 0.717) is 12.3 Å². The van der Waals surface area contributed by atoms with E-state index in [9.17, 15) is 14.7 Å². The Morgan fingerprint density at radius 1 is 1.58 bits per heavy atom. The van der Waals surface area contributed by atoms with Gasteiger partial charge in [-0.05, 0) is 19.8 Å². The van der Waals surface area contributed by atoms with Crippen LogP contribution in [0, 0.1) is 5.92 Å². The van der Waals surface area contributed by atoms with Gasteiger partial charge < -0.3 is 9.84 Å². The summed E-state index contributed by atoms with van der Waals surface area (Å²) >= 11 is 1.51. The van der Waals surface area contributed by atoms with Gasteiger partial charge in [-0.15, -0.1) is 0 Å². The molecule has 3 aliphatic rings. The van der Waals surface area contributed by atoms with Gasteiger partial charge in [0.1, 0.15) is 11.1 Å². The van der Waals surface area contributed by atoms with E-state index in [1.54, 1.807) is 11.8 Å². The Balaban J connectivity index is 1.91. The van der Waals surface area contributed by atoms with Crippen LogP contribution in [0.4, 0.5) is 0 Å². The Morgan fingerprint density at radius 2 is 2.32 bits per heavy atom. The van der Waals surface area contributed by atoms with Gasteiger partial charge in [0.05, 0.1) is 18.1 Å². The van der Waals surface area contributed by atoms with Crippen molar-refractivity contribution in [2.45, 2.75) is 44.3 Å². The maximum atomic E-state index is 12.1. The lowest BCUT2D eigenvalue weighted by molar-refractivity contribution is -0.153. The van der Waals surface area contributed by atoms with Crippen LogP contribution in [0.5, 0.6) is 0 Å². The second-order valence-corrected chi connectivity index (χ2v) is 6.41. The third kappa shape index (κ3) is 1.85. The lowest BCUT2D eigenvalue weighted by atomic mass is 9.91. The van der Waals surface area contributed by atoms with E-state index >= 15 is 0 Å². The molecule has 0 aromatic heterocycles. The number of thioether (sulfide) groups is 1. The molecular formula is C13H17NO4S. The summed E-state index contributed by atoms with van der Waals surface area (Å²) in [7, 11) is 0. The molecule has 0 unspecified atom stereocenters. The number of fused-ring (bicyclic) bond motifs is 1. The molecular weight excluding hydrogens is 266 g/mol. The summed E-state index contributed by atoms with van der Waals surface area (Å²) in [6, 6.07) is 0. The maximum absolute atomic E-state index is 12.1. The van der Waals surface area contributed by atoms with Gasteiger partial charge in [0.2, 0.25) is 5.91 Å². The van der Waals surface area contributed by atoms with Crippen molar-refractivity contribution in [3.8, 4) is 0 Å². The van der Waals surface area contributed by atoms with E-state index in [2.05, 4.69) is 0 Å². The van der Waals surface area contributed by atoms with Crippen LogP contribution in [-0.2, 0) is 14.3 Å². The summed E-state index contributed by atoms with van der Waals surface area (Å²) < 4.78 is 5.64. The van der Waals surface area contributed by atoms with E-state index in [4.69, 9.17) is 4.74 Å².